The van der Waals surface area contributed by atoms with Crippen molar-refractivity contribution in [2.24, 2.45) is 0 Å². The highest BCUT2D eigenvalue weighted by Crippen LogP contribution is 2.22. The van der Waals surface area contributed by atoms with E-state index < -0.39 is 16.0 Å². The smallest absolute Gasteiger partial charge is 0.339 e. The van der Waals surface area contributed by atoms with E-state index in [0.29, 0.717) is 12.1 Å². The van der Waals surface area contributed by atoms with Crippen molar-refractivity contribution in [3.05, 3.63) is 59.1 Å². The molecular weight excluding hydrogens is 416 g/mol. The quantitative estimate of drug-likeness (QED) is 0.604. The van der Waals surface area contributed by atoms with Crippen LogP contribution in [-0.4, -0.2) is 44.8 Å². The van der Waals surface area contributed by atoms with Crippen molar-refractivity contribution in [3.8, 4) is 0 Å². The van der Waals surface area contributed by atoms with Crippen molar-refractivity contribution < 1.29 is 22.7 Å². The Kier molecular flexibility index (Phi) is 8.19. The second-order valence-corrected chi connectivity index (χ2v) is 8.66. The van der Waals surface area contributed by atoms with E-state index in [2.05, 4.69) is 5.32 Å². The lowest BCUT2D eigenvalue weighted by Gasteiger charge is -2.17. The molecule has 0 heterocycles. The van der Waals surface area contributed by atoms with Gasteiger partial charge in [-0.1, -0.05) is 29.8 Å². The first-order chi connectivity index (χ1) is 13.8. The summed E-state index contributed by atoms with van der Waals surface area (Å²) in [6.45, 7) is 2.14. The SMILES string of the molecule is CCOC(=O)c1ccc(NC(=O)CCCN(C)S(=O)(=O)c2ccccc2)cc1Cl. The number of anilines is 1. The standard InChI is InChI=1S/C20H23ClN2O5S/c1-3-28-20(25)17-12-11-15(14-18(17)21)22-19(24)10-7-13-23(2)29(26,27)16-8-5-4-6-9-16/h4-6,8-9,11-12,14H,3,7,10,13H2,1-2H3,(H,22,24). The monoisotopic (exact) mass is 438 g/mol. The van der Waals surface area contributed by atoms with Crippen molar-refractivity contribution in [2.75, 3.05) is 25.5 Å². The van der Waals surface area contributed by atoms with E-state index in [4.69, 9.17) is 16.3 Å². The molecule has 1 amide bonds. The van der Waals surface area contributed by atoms with Gasteiger partial charge in [-0.25, -0.2) is 17.5 Å². The molecular formula is C20H23ClN2O5S. The lowest BCUT2D eigenvalue weighted by molar-refractivity contribution is -0.116. The van der Waals surface area contributed by atoms with Gasteiger partial charge in [0.25, 0.3) is 0 Å². The number of rotatable bonds is 9. The van der Waals surface area contributed by atoms with E-state index in [1.807, 2.05) is 0 Å². The topological polar surface area (TPSA) is 92.8 Å². The summed E-state index contributed by atoms with van der Waals surface area (Å²) in [7, 11) is -2.10. The molecule has 0 saturated heterocycles. The maximum atomic E-state index is 12.4. The summed E-state index contributed by atoms with van der Waals surface area (Å²) in [4.78, 5) is 24.1. The fourth-order valence-electron chi connectivity index (χ4n) is 2.55. The summed E-state index contributed by atoms with van der Waals surface area (Å²) in [5, 5.41) is 2.86. The van der Waals surface area contributed by atoms with Crippen LogP contribution in [0.1, 0.15) is 30.1 Å². The molecule has 0 aliphatic rings. The minimum atomic E-state index is -3.58. The van der Waals surface area contributed by atoms with Crippen molar-refractivity contribution >= 4 is 39.2 Å². The third kappa shape index (κ3) is 6.28. The second-order valence-electron chi connectivity index (χ2n) is 6.21. The minimum Gasteiger partial charge on any atom is -0.462 e. The van der Waals surface area contributed by atoms with E-state index in [0.717, 1.165) is 0 Å². The van der Waals surface area contributed by atoms with Crippen LogP contribution in [0.15, 0.2) is 53.4 Å². The molecule has 2 aromatic rings. The van der Waals surface area contributed by atoms with Crippen LogP contribution in [-0.2, 0) is 19.6 Å². The molecule has 9 heteroatoms. The molecule has 156 valence electrons. The average molecular weight is 439 g/mol. The third-order valence-electron chi connectivity index (χ3n) is 4.08. The number of nitrogens with one attached hydrogen (secondary N) is 1. The Bertz CT molecular complexity index is 964. The van der Waals surface area contributed by atoms with Crippen LogP contribution in [0, 0.1) is 0 Å². The zero-order valence-corrected chi connectivity index (χ0v) is 17.8. The van der Waals surface area contributed by atoms with Crippen molar-refractivity contribution in [2.45, 2.75) is 24.7 Å². The summed E-state index contributed by atoms with van der Waals surface area (Å²) < 4.78 is 31.0. The zero-order valence-electron chi connectivity index (χ0n) is 16.2. The van der Waals surface area contributed by atoms with Gasteiger partial charge < -0.3 is 10.1 Å². The highest BCUT2D eigenvalue weighted by atomic mass is 35.5. The summed E-state index contributed by atoms with van der Waals surface area (Å²) in [6.07, 6.45) is 0.481. The number of halogens is 1. The molecule has 0 saturated carbocycles. The molecule has 1 N–H and O–H groups in total. The number of benzene rings is 2. The van der Waals surface area contributed by atoms with Gasteiger partial charge in [-0.15, -0.1) is 0 Å². The first kappa shape index (κ1) is 22.9. The summed E-state index contributed by atoms with van der Waals surface area (Å²) in [5.41, 5.74) is 0.664. The molecule has 0 bridgehead atoms. The van der Waals surface area contributed by atoms with Crippen LogP contribution in [0.2, 0.25) is 5.02 Å². The van der Waals surface area contributed by atoms with Crippen LogP contribution in [0.4, 0.5) is 5.69 Å². The summed E-state index contributed by atoms with van der Waals surface area (Å²) >= 11 is 6.07. The van der Waals surface area contributed by atoms with Crippen LogP contribution in [0.5, 0.6) is 0 Å². The molecule has 7 nitrogen and oxygen atoms in total. The number of carbonyl (C=O) groups is 2. The van der Waals surface area contributed by atoms with Gasteiger partial charge in [0.15, 0.2) is 0 Å². The van der Waals surface area contributed by atoms with Crippen molar-refractivity contribution in [1.82, 2.24) is 4.31 Å². The Morgan fingerprint density at radius 1 is 1.14 bits per heavy atom. The number of carbonyl (C=O) groups excluding carboxylic acids is 2. The van der Waals surface area contributed by atoms with E-state index in [-0.39, 0.29) is 41.0 Å². The van der Waals surface area contributed by atoms with Crippen LogP contribution in [0.3, 0.4) is 0 Å². The van der Waals surface area contributed by atoms with Crippen LogP contribution >= 0.6 is 11.6 Å². The highest BCUT2D eigenvalue weighted by Gasteiger charge is 2.20. The molecule has 29 heavy (non-hydrogen) atoms. The Hall–Kier alpha value is -2.42. The fraction of sp³-hybridized carbons (Fsp3) is 0.300. The molecule has 0 aliphatic carbocycles. The summed E-state index contributed by atoms with van der Waals surface area (Å²) in [6, 6.07) is 12.6. The maximum absolute atomic E-state index is 12.4. The largest absolute Gasteiger partial charge is 0.462 e. The predicted octanol–water partition coefficient (Wildman–Crippen LogP) is 3.56. The van der Waals surface area contributed by atoms with Gasteiger partial charge in [0.1, 0.15) is 0 Å². The van der Waals surface area contributed by atoms with E-state index in [1.165, 1.54) is 35.6 Å². The molecule has 0 aliphatic heterocycles. The van der Waals surface area contributed by atoms with Gasteiger partial charge in [-0.05, 0) is 43.7 Å². The van der Waals surface area contributed by atoms with Crippen molar-refractivity contribution in [1.29, 1.82) is 0 Å². The van der Waals surface area contributed by atoms with Crippen LogP contribution in [0.25, 0.3) is 0 Å². The number of sulfonamides is 1. The number of esters is 1. The number of ether oxygens (including phenoxy) is 1. The molecule has 0 atom stereocenters. The first-order valence-electron chi connectivity index (χ1n) is 9.03. The molecule has 0 unspecified atom stereocenters. The second kappa shape index (κ2) is 10.4. The Labute approximate surface area is 175 Å². The number of amides is 1. The normalized spacial score (nSPS) is 11.3. The molecule has 0 aromatic heterocycles. The molecule has 2 aromatic carbocycles. The lowest BCUT2D eigenvalue weighted by Crippen LogP contribution is -2.28. The molecule has 0 spiro atoms. The average Bonchev–Trinajstić information content (AvgIpc) is 2.68. The number of nitrogens with zero attached hydrogens (tertiary/aromatic N) is 1. The lowest BCUT2D eigenvalue weighted by atomic mass is 10.2. The maximum Gasteiger partial charge on any atom is 0.339 e. The minimum absolute atomic E-state index is 0.131. The Morgan fingerprint density at radius 2 is 1.83 bits per heavy atom. The molecule has 0 fully saturated rings. The zero-order chi connectivity index (χ0) is 21.4. The van der Waals surface area contributed by atoms with E-state index >= 15 is 0 Å². The van der Waals surface area contributed by atoms with Gasteiger partial charge in [0.05, 0.1) is 22.1 Å². The van der Waals surface area contributed by atoms with Crippen LogP contribution < -0.4 is 5.32 Å². The first-order valence-corrected chi connectivity index (χ1v) is 10.9. The van der Waals surface area contributed by atoms with Gasteiger partial charge >= 0.3 is 5.97 Å². The van der Waals surface area contributed by atoms with E-state index in [9.17, 15) is 18.0 Å². The number of hydrogen-bond acceptors (Lipinski definition) is 5. The van der Waals surface area contributed by atoms with Crippen molar-refractivity contribution in [3.63, 3.8) is 0 Å². The van der Waals surface area contributed by atoms with Gasteiger partial charge in [0.2, 0.25) is 15.9 Å². The highest BCUT2D eigenvalue weighted by molar-refractivity contribution is 7.89. The van der Waals surface area contributed by atoms with Gasteiger partial charge in [-0.2, -0.15) is 0 Å². The summed E-state index contributed by atoms with van der Waals surface area (Å²) in [5.74, 6) is -0.812. The fourth-order valence-corrected chi connectivity index (χ4v) is 4.03. The molecule has 0 radical (unpaired) electrons. The number of hydrogen-bond donors (Lipinski definition) is 1. The Balaban J connectivity index is 1.87. The van der Waals surface area contributed by atoms with Gasteiger partial charge in [-0.3, -0.25) is 4.79 Å². The molecule has 2 rings (SSSR count). The third-order valence-corrected chi connectivity index (χ3v) is 6.26. The Morgan fingerprint density at radius 3 is 2.45 bits per heavy atom. The van der Waals surface area contributed by atoms with E-state index in [1.54, 1.807) is 31.2 Å². The van der Waals surface area contributed by atoms with Gasteiger partial charge in [0, 0.05) is 25.7 Å². The predicted molar refractivity (Wildman–Crippen MR) is 112 cm³/mol.